The average Bonchev–Trinajstić information content (AvgIpc) is 2.99. The molecular formula is C23H24Cl2N2O4. The summed E-state index contributed by atoms with van der Waals surface area (Å²) in [5.74, 6) is -1.14. The minimum atomic E-state index is -1.14. The second-order valence-corrected chi connectivity index (χ2v) is 9.12. The number of hydrogen-bond donors (Lipinski definition) is 2. The quantitative estimate of drug-likeness (QED) is 0.505. The Labute approximate surface area is 190 Å². The van der Waals surface area contributed by atoms with Crippen LogP contribution in [0.3, 0.4) is 0 Å². The zero-order chi connectivity index (χ0) is 22.8. The highest BCUT2D eigenvalue weighted by molar-refractivity contribution is 6.35. The molecule has 1 unspecified atom stereocenters. The number of para-hydroxylation sites is 1. The fraction of sp³-hybridized carbons (Fsp3) is 0.304. The molecule has 3 rings (SSSR count). The van der Waals surface area contributed by atoms with E-state index in [1.54, 1.807) is 32.9 Å². The van der Waals surface area contributed by atoms with E-state index in [0.29, 0.717) is 16.6 Å². The molecule has 0 saturated carbocycles. The van der Waals surface area contributed by atoms with Crippen molar-refractivity contribution in [1.29, 1.82) is 0 Å². The molecule has 0 bridgehead atoms. The number of rotatable bonds is 6. The molecule has 8 heteroatoms. The number of carbonyl (C=O) groups excluding carboxylic acids is 1. The maximum Gasteiger partial charge on any atom is 0.408 e. The molecule has 0 aliphatic carbocycles. The number of amides is 1. The number of halogens is 2. The highest BCUT2D eigenvalue weighted by atomic mass is 35.5. The summed E-state index contributed by atoms with van der Waals surface area (Å²) in [5.41, 5.74) is 1.90. The number of aromatic nitrogens is 1. The number of aliphatic carboxylic acids is 1. The predicted octanol–water partition coefficient (Wildman–Crippen LogP) is 5.52. The summed E-state index contributed by atoms with van der Waals surface area (Å²) in [6.45, 7) is 5.65. The molecule has 164 valence electrons. The molecule has 0 saturated heterocycles. The van der Waals surface area contributed by atoms with Crippen LogP contribution in [-0.2, 0) is 22.5 Å². The molecule has 0 aliphatic rings. The van der Waals surface area contributed by atoms with Crippen molar-refractivity contribution in [2.75, 3.05) is 0 Å². The molecule has 3 aromatic rings. The van der Waals surface area contributed by atoms with Gasteiger partial charge in [-0.25, -0.2) is 9.59 Å². The number of carboxylic acids is 1. The molecule has 31 heavy (non-hydrogen) atoms. The monoisotopic (exact) mass is 462 g/mol. The molecule has 0 aliphatic heterocycles. The fourth-order valence-electron chi connectivity index (χ4n) is 3.32. The molecule has 2 aromatic carbocycles. The summed E-state index contributed by atoms with van der Waals surface area (Å²) in [6, 6.07) is 11.9. The van der Waals surface area contributed by atoms with Crippen LogP contribution >= 0.6 is 23.2 Å². The number of carbonyl (C=O) groups is 2. The van der Waals surface area contributed by atoms with Gasteiger partial charge < -0.3 is 19.7 Å². The number of carboxylic acid groups (broad SMARTS) is 1. The van der Waals surface area contributed by atoms with E-state index in [4.69, 9.17) is 27.9 Å². The first-order chi connectivity index (χ1) is 14.5. The topological polar surface area (TPSA) is 80.6 Å². The third-order valence-corrected chi connectivity index (χ3v) is 5.23. The zero-order valence-corrected chi connectivity index (χ0v) is 19.0. The number of nitrogens with zero attached hydrogens (tertiary/aromatic N) is 1. The summed E-state index contributed by atoms with van der Waals surface area (Å²) in [7, 11) is 0. The van der Waals surface area contributed by atoms with Crippen LogP contribution in [0.2, 0.25) is 10.0 Å². The molecule has 1 atom stereocenters. The Hall–Kier alpha value is -2.70. The third-order valence-electron chi connectivity index (χ3n) is 4.64. The van der Waals surface area contributed by atoms with Crippen molar-refractivity contribution in [3.63, 3.8) is 0 Å². The van der Waals surface area contributed by atoms with Gasteiger partial charge in [-0.1, -0.05) is 47.5 Å². The van der Waals surface area contributed by atoms with Gasteiger partial charge in [0, 0.05) is 40.1 Å². The molecule has 1 amide bonds. The molecule has 1 heterocycles. The van der Waals surface area contributed by atoms with E-state index in [-0.39, 0.29) is 6.42 Å². The van der Waals surface area contributed by atoms with E-state index in [1.807, 2.05) is 41.1 Å². The molecule has 6 nitrogen and oxygen atoms in total. The van der Waals surface area contributed by atoms with Crippen molar-refractivity contribution < 1.29 is 19.4 Å². The Morgan fingerprint density at radius 2 is 1.84 bits per heavy atom. The van der Waals surface area contributed by atoms with Gasteiger partial charge in [-0.05, 0) is 50.1 Å². The molecule has 0 spiro atoms. The predicted molar refractivity (Wildman–Crippen MR) is 122 cm³/mol. The average molecular weight is 463 g/mol. The van der Waals surface area contributed by atoms with Gasteiger partial charge in [0.15, 0.2) is 0 Å². The van der Waals surface area contributed by atoms with Crippen LogP contribution in [0.5, 0.6) is 0 Å². The molecule has 0 radical (unpaired) electrons. The lowest BCUT2D eigenvalue weighted by Gasteiger charge is -2.22. The summed E-state index contributed by atoms with van der Waals surface area (Å²) in [5, 5.41) is 14.1. The van der Waals surface area contributed by atoms with Gasteiger partial charge in [0.1, 0.15) is 11.6 Å². The molecule has 1 aromatic heterocycles. The van der Waals surface area contributed by atoms with Gasteiger partial charge in [-0.2, -0.15) is 0 Å². The van der Waals surface area contributed by atoms with E-state index in [9.17, 15) is 14.7 Å². The van der Waals surface area contributed by atoms with E-state index >= 15 is 0 Å². The highest BCUT2D eigenvalue weighted by Gasteiger charge is 2.25. The largest absolute Gasteiger partial charge is 0.480 e. The Morgan fingerprint density at radius 1 is 1.13 bits per heavy atom. The van der Waals surface area contributed by atoms with E-state index < -0.39 is 23.7 Å². The van der Waals surface area contributed by atoms with Crippen LogP contribution in [0.25, 0.3) is 10.9 Å². The second kappa shape index (κ2) is 9.20. The van der Waals surface area contributed by atoms with Crippen LogP contribution in [-0.4, -0.2) is 33.4 Å². The van der Waals surface area contributed by atoms with E-state index in [1.165, 1.54) is 0 Å². The number of hydrogen-bond acceptors (Lipinski definition) is 3. The Kier molecular flexibility index (Phi) is 6.82. The molecule has 0 fully saturated rings. The smallest absolute Gasteiger partial charge is 0.408 e. The maximum atomic E-state index is 12.1. The summed E-state index contributed by atoms with van der Waals surface area (Å²) >= 11 is 12.3. The van der Waals surface area contributed by atoms with Gasteiger partial charge in [0.05, 0.1) is 0 Å². The van der Waals surface area contributed by atoms with Gasteiger partial charge in [0.2, 0.25) is 0 Å². The zero-order valence-electron chi connectivity index (χ0n) is 17.5. The van der Waals surface area contributed by atoms with E-state index in [0.717, 1.165) is 22.0 Å². The Balaban J connectivity index is 1.89. The summed E-state index contributed by atoms with van der Waals surface area (Å²) < 4.78 is 7.21. The SMILES string of the molecule is CC(C)(C)OC(=O)NC(Cc1cn(Cc2ccc(Cl)cc2Cl)c2ccccc12)C(=O)O. The lowest BCUT2D eigenvalue weighted by molar-refractivity contribution is -0.139. The minimum Gasteiger partial charge on any atom is -0.480 e. The standard InChI is InChI=1S/C23H24Cl2N2O4/c1-23(2,3)31-22(30)26-19(21(28)29)10-15-13-27(20-7-5-4-6-17(15)20)12-14-8-9-16(24)11-18(14)25/h4-9,11,13,19H,10,12H2,1-3H3,(H,26,30)(H,28,29). The van der Waals surface area contributed by atoms with Gasteiger partial charge in [-0.3, -0.25) is 0 Å². The number of ether oxygens (including phenoxy) is 1. The molecule has 2 N–H and O–H groups in total. The fourth-order valence-corrected chi connectivity index (χ4v) is 3.79. The van der Waals surface area contributed by atoms with Crippen molar-refractivity contribution in [1.82, 2.24) is 9.88 Å². The number of fused-ring (bicyclic) bond motifs is 1. The van der Waals surface area contributed by atoms with Crippen LogP contribution in [0.15, 0.2) is 48.7 Å². The van der Waals surface area contributed by atoms with Crippen LogP contribution in [0.4, 0.5) is 4.79 Å². The van der Waals surface area contributed by atoms with Crippen LogP contribution in [0.1, 0.15) is 31.9 Å². The van der Waals surface area contributed by atoms with Crippen molar-refractivity contribution in [3.05, 3.63) is 69.8 Å². The summed E-state index contributed by atoms with van der Waals surface area (Å²) in [4.78, 5) is 23.9. The summed E-state index contributed by atoms with van der Waals surface area (Å²) in [6.07, 6.45) is 1.23. The van der Waals surface area contributed by atoms with Gasteiger partial charge >= 0.3 is 12.1 Å². The molecular weight excluding hydrogens is 439 g/mol. The van der Waals surface area contributed by atoms with Crippen LogP contribution in [0, 0.1) is 0 Å². The maximum absolute atomic E-state index is 12.1. The number of benzene rings is 2. The van der Waals surface area contributed by atoms with Crippen LogP contribution < -0.4 is 5.32 Å². The van der Waals surface area contributed by atoms with E-state index in [2.05, 4.69) is 5.32 Å². The highest BCUT2D eigenvalue weighted by Crippen LogP contribution is 2.27. The number of alkyl carbamates (subject to hydrolysis) is 1. The Morgan fingerprint density at radius 3 is 2.48 bits per heavy atom. The Bertz CT molecular complexity index is 1120. The van der Waals surface area contributed by atoms with Gasteiger partial charge in [-0.15, -0.1) is 0 Å². The normalized spacial score (nSPS) is 12.5. The van der Waals surface area contributed by atoms with Gasteiger partial charge in [0.25, 0.3) is 0 Å². The minimum absolute atomic E-state index is 0.108. The number of nitrogens with one attached hydrogen (secondary N) is 1. The first-order valence-electron chi connectivity index (χ1n) is 9.76. The first-order valence-corrected chi connectivity index (χ1v) is 10.5. The van der Waals surface area contributed by atoms with Crippen molar-refractivity contribution in [2.45, 2.75) is 45.4 Å². The first kappa shape index (κ1) is 23.0. The lowest BCUT2D eigenvalue weighted by Crippen LogP contribution is -2.44. The van der Waals surface area contributed by atoms with Crippen molar-refractivity contribution in [2.24, 2.45) is 0 Å². The second-order valence-electron chi connectivity index (χ2n) is 8.28. The third kappa shape index (κ3) is 5.93. The van der Waals surface area contributed by atoms with Crippen molar-refractivity contribution >= 4 is 46.2 Å². The lowest BCUT2D eigenvalue weighted by atomic mass is 10.1. The van der Waals surface area contributed by atoms with Crippen molar-refractivity contribution in [3.8, 4) is 0 Å².